The van der Waals surface area contributed by atoms with Gasteiger partial charge in [0.25, 0.3) is 0 Å². The second kappa shape index (κ2) is 12.0. The number of aliphatic imine (C=N–C) groups is 1. The lowest BCUT2D eigenvalue weighted by atomic mass is 10.1. The van der Waals surface area contributed by atoms with Crippen molar-refractivity contribution in [1.82, 2.24) is 10.6 Å². The van der Waals surface area contributed by atoms with Gasteiger partial charge < -0.3 is 20.9 Å². The van der Waals surface area contributed by atoms with E-state index in [1.54, 1.807) is 7.05 Å². The first kappa shape index (κ1) is 25.8. The van der Waals surface area contributed by atoms with Gasteiger partial charge in [-0.1, -0.05) is 26.0 Å². The number of halogens is 3. The van der Waals surface area contributed by atoms with E-state index < -0.39 is 11.6 Å². The van der Waals surface area contributed by atoms with Crippen LogP contribution < -0.4 is 20.9 Å². The Bertz CT molecular complexity index is 936. The molecular formula is C23H30F2IN5O. The van der Waals surface area contributed by atoms with Gasteiger partial charge in [-0.15, -0.1) is 24.0 Å². The molecule has 2 aromatic carbocycles. The molecule has 0 saturated carbocycles. The van der Waals surface area contributed by atoms with E-state index in [-0.39, 0.29) is 41.8 Å². The number of nitrogens with zero attached hydrogens (tertiary/aromatic N) is 2. The number of carbonyl (C=O) groups excluding carboxylic acids is 1. The Labute approximate surface area is 204 Å². The van der Waals surface area contributed by atoms with E-state index in [1.807, 2.05) is 43.0 Å². The van der Waals surface area contributed by atoms with Gasteiger partial charge in [0.2, 0.25) is 5.91 Å². The minimum Gasteiger partial charge on any atom is -0.367 e. The molecule has 0 spiro atoms. The summed E-state index contributed by atoms with van der Waals surface area (Å²) in [6.07, 6.45) is 0.821. The van der Waals surface area contributed by atoms with Crippen LogP contribution in [0, 0.1) is 17.6 Å². The van der Waals surface area contributed by atoms with Gasteiger partial charge in [-0.2, -0.15) is 0 Å². The Morgan fingerprint density at radius 2 is 1.91 bits per heavy atom. The third-order valence-corrected chi connectivity index (χ3v) is 5.21. The number of carbonyl (C=O) groups is 1. The lowest BCUT2D eigenvalue weighted by molar-refractivity contribution is -0.118. The van der Waals surface area contributed by atoms with Crippen molar-refractivity contribution >= 4 is 47.2 Å². The van der Waals surface area contributed by atoms with Gasteiger partial charge in [-0.25, -0.2) is 8.78 Å². The topological polar surface area (TPSA) is 68.8 Å². The molecule has 1 unspecified atom stereocenters. The molecule has 1 saturated heterocycles. The zero-order chi connectivity index (χ0) is 22.4. The standard InChI is InChI=1S/C23H29F2N5O.HI/c1-15(2)22(31)28-18-7-4-16(5-8-18)13-27-23(26-3)29-19-10-11-30(14-19)21-9-6-17(24)12-20(21)25;/h4-9,12,15,19H,10-11,13-14H2,1-3H3,(H,28,31)(H2,26,27,29);1H. The molecule has 0 aromatic heterocycles. The molecule has 1 amide bonds. The first-order valence-electron chi connectivity index (χ1n) is 10.4. The van der Waals surface area contributed by atoms with E-state index in [9.17, 15) is 13.6 Å². The summed E-state index contributed by atoms with van der Waals surface area (Å²) >= 11 is 0. The van der Waals surface area contributed by atoms with Crippen molar-refractivity contribution in [3.63, 3.8) is 0 Å². The van der Waals surface area contributed by atoms with Crippen LogP contribution in [-0.4, -0.2) is 38.0 Å². The van der Waals surface area contributed by atoms with Crippen LogP contribution in [0.1, 0.15) is 25.8 Å². The highest BCUT2D eigenvalue weighted by atomic mass is 127. The molecular weight excluding hydrogens is 527 g/mol. The molecule has 0 radical (unpaired) electrons. The van der Waals surface area contributed by atoms with E-state index in [0.717, 1.165) is 23.7 Å². The molecule has 3 N–H and O–H groups in total. The minimum absolute atomic E-state index is 0. The van der Waals surface area contributed by atoms with Crippen molar-refractivity contribution in [2.75, 3.05) is 30.4 Å². The molecule has 174 valence electrons. The molecule has 1 heterocycles. The molecule has 32 heavy (non-hydrogen) atoms. The maximum atomic E-state index is 14.0. The Balaban J connectivity index is 0.00000363. The van der Waals surface area contributed by atoms with Crippen LogP contribution in [0.4, 0.5) is 20.2 Å². The fourth-order valence-corrected chi connectivity index (χ4v) is 3.40. The van der Waals surface area contributed by atoms with Crippen LogP contribution in [-0.2, 0) is 11.3 Å². The fraction of sp³-hybridized carbons (Fsp3) is 0.391. The van der Waals surface area contributed by atoms with Gasteiger partial charge >= 0.3 is 0 Å². The molecule has 1 aliphatic heterocycles. The summed E-state index contributed by atoms with van der Waals surface area (Å²) in [5.41, 5.74) is 2.23. The van der Waals surface area contributed by atoms with Gasteiger partial charge in [0.15, 0.2) is 5.96 Å². The highest BCUT2D eigenvalue weighted by Crippen LogP contribution is 2.24. The summed E-state index contributed by atoms with van der Waals surface area (Å²) in [5, 5.41) is 9.50. The van der Waals surface area contributed by atoms with Crippen LogP contribution in [0.2, 0.25) is 0 Å². The van der Waals surface area contributed by atoms with Gasteiger partial charge in [0.1, 0.15) is 11.6 Å². The van der Waals surface area contributed by atoms with Crippen molar-refractivity contribution < 1.29 is 13.6 Å². The Morgan fingerprint density at radius 3 is 2.53 bits per heavy atom. The molecule has 0 bridgehead atoms. The zero-order valence-electron chi connectivity index (χ0n) is 18.5. The third kappa shape index (κ3) is 7.04. The number of hydrogen-bond donors (Lipinski definition) is 3. The number of hydrogen-bond acceptors (Lipinski definition) is 3. The van der Waals surface area contributed by atoms with E-state index in [4.69, 9.17) is 0 Å². The third-order valence-electron chi connectivity index (χ3n) is 5.21. The maximum Gasteiger partial charge on any atom is 0.226 e. The van der Waals surface area contributed by atoms with Gasteiger partial charge in [-0.3, -0.25) is 9.79 Å². The van der Waals surface area contributed by atoms with E-state index >= 15 is 0 Å². The maximum absolute atomic E-state index is 14.0. The molecule has 1 atom stereocenters. The summed E-state index contributed by atoms with van der Waals surface area (Å²) in [5.74, 6) is -0.543. The Morgan fingerprint density at radius 1 is 1.19 bits per heavy atom. The van der Waals surface area contributed by atoms with Crippen molar-refractivity contribution in [2.24, 2.45) is 10.9 Å². The van der Waals surface area contributed by atoms with Crippen molar-refractivity contribution in [1.29, 1.82) is 0 Å². The highest BCUT2D eigenvalue weighted by Gasteiger charge is 2.25. The van der Waals surface area contributed by atoms with Crippen LogP contribution in [0.3, 0.4) is 0 Å². The summed E-state index contributed by atoms with van der Waals surface area (Å²) < 4.78 is 27.2. The van der Waals surface area contributed by atoms with Crippen LogP contribution in [0.15, 0.2) is 47.5 Å². The van der Waals surface area contributed by atoms with Crippen LogP contribution in [0.25, 0.3) is 0 Å². The van der Waals surface area contributed by atoms with Crippen molar-refractivity contribution in [3.8, 4) is 0 Å². The van der Waals surface area contributed by atoms with Gasteiger partial charge in [0, 0.05) is 50.4 Å². The molecule has 1 aliphatic rings. The minimum atomic E-state index is -0.574. The highest BCUT2D eigenvalue weighted by molar-refractivity contribution is 14.0. The summed E-state index contributed by atoms with van der Waals surface area (Å²) in [7, 11) is 1.70. The van der Waals surface area contributed by atoms with E-state index in [2.05, 4.69) is 20.9 Å². The quantitative estimate of drug-likeness (QED) is 0.284. The van der Waals surface area contributed by atoms with Gasteiger partial charge in [0.05, 0.1) is 5.69 Å². The SMILES string of the molecule is CN=C(NCc1ccc(NC(=O)C(C)C)cc1)NC1CCN(c2ccc(F)cc2F)C1.I. The lowest BCUT2D eigenvalue weighted by Crippen LogP contribution is -2.44. The number of benzene rings is 2. The number of rotatable bonds is 6. The van der Waals surface area contributed by atoms with Crippen LogP contribution in [0.5, 0.6) is 0 Å². The number of nitrogens with one attached hydrogen (secondary N) is 3. The Hall–Kier alpha value is -2.43. The van der Waals surface area contributed by atoms with Crippen molar-refractivity contribution in [2.45, 2.75) is 32.9 Å². The summed E-state index contributed by atoms with van der Waals surface area (Å²) in [4.78, 5) is 17.9. The van der Waals surface area contributed by atoms with E-state index in [1.165, 1.54) is 12.1 Å². The Kier molecular flexibility index (Phi) is 9.67. The van der Waals surface area contributed by atoms with Crippen LogP contribution >= 0.6 is 24.0 Å². The molecule has 9 heteroatoms. The molecule has 2 aromatic rings. The second-order valence-corrected chi connectivity index (χ2v) is 7.94. The lowest BCUT2D eigenvalue weighted by Gasteiger charge is -2.21. The number of guanidine groups is 1. The smallest absolute Gasteiger partial charge is 0.226 e. The average Bonchev–Trinajstić information content (AvgIpc) is 3.20. The molecule has 6 nitrogen and oxygen atoms in total. The first-order valence-corrected chi connectivity index (χ1v) is 10.4. The predicted molar refractivity (Wildman–Crippen MR) is 136 cm³/mol. The summed E-state index contributed by atoms with van der Waals surface area (Å²) in [6.45, 7) is 5.56. The van der Waals surface area contributed by atoms with Gasteiger partial charge in [-0.05, 0) is 36.2 Å². The predicted octanol–water partition coefficient (Wildman–Crippen LogP) is 4.12. The fourth-order valence-electron chi connectivity index (χ4n) is 3.40. The molecule has 3 rings (SSSR count). The molecule has 0 aliphatic carbocycles. The average molecular weight is 557 g/mol. The monoisotopic (exact) mass is 557 g/mol. The normalized spacial score (nSPS) is 16.0. The summed E-state index contributed by atoms with van der Waals surface area (Å²) in [6, 6.07) is 11.4. The second-order valence-electron chi connectivity index (χ2n) is 7.94. The number of anilines is 2. The number of amides is 1. The first-order chi connectivity index (χ1) is 14.9. The van der Waals surface area contributed by atoms with E-state index in [0.29, 0.717) is 31.3 Å². The molecule has 1 fully saturated rings. The zero-order valence-corrected chi connectivity index (χ0v) is 20.8. The largest absolute Gasteiger partial charge is 0.367 e. The van der Waals surface area contributed by atoms with Crippen molar-refractivity contribution in [3.05, 3.63) is 59.7 Å².